The number of carbonyl (C=O) groups excluding carboxylic acids is 1. The molecule has 3 rings (SSSR count). The Kier molecular flexibility index (Phi) is 1.97. The van der Waals surface area contributed by atoms with Crippen molar-refractivity contribution in [2.75, 3.05) is 6.61 Å². The van der Waals surface area contributed by atoms with Crippen molar-refractivity contribution in [2.24, 2.45) is 0 Å². The van der Waals surface area contributed by atoms with Crippen LogP contribution in [0.2, 0.25) is 0 Å². The summed E-state index contributed by atoms with van der Waals surface area (Å²) in [6.07, 6.45) is 3.77. The number of fused-ring (bicyclic) bond motifs is 4. The average molecular weight is 210 g/mol. The number of nitrogens with zero attached hydrogens (tertiary/aromatic N) is 1. The van der Waals surface area contributed by atoms with E-state index in [9.17, 15) is 4.79 Å². The molecule has 0 aromatic carbocycles. The van der Waals surface area contributed by atoms with Crippen LogP contribution in [0.4, 0.5) is 0 Å². The minimum absolute atomic E-state index is 0.0537. The molecule has 0 saturated carbocycles. The van der Waals surface area contributed by atoms with Crippen LogP contribution in [-0.2, 0) is 14.3 Å². The maximum atomic E-state index is 11.4. The number of amides is 1. The number of ether oxygens (including phenoxy) is 2. The number of carbonyl (C=O) groups is 1. The fraction of sp³-hybridized carbons (Fsp3) is 0.700. The molecule has 2 fully saturated rings. The molecule has 0 radical (unpaired) electrons. The topological polar surface area (TPSA) is 50.8 Å². The zero-order valence-electron chi connectivity index (χ0n) is 8.60. The number of hydrogen-bond acceptors (Lipinski definition) is 4. The van der Waals surface area contributed by atoms with Crippen molar-refractivity contribution in [2.45, 2.75) is 38.4 Å². The molecule has 1 amide bonds. The molecule has 1 unspecified atom stereocenters. The van der Waals surface area contributed by atoms with Crippen LogP contribution in [0, 0.1) is 0 Å². The Labute approximate surface area is 88.0 Å². The predicted octanol–water partition coefficient (Wildman–Crippen LogP) is 0.141. The fourth-order valence-electron chi connectivity index (χ4n) is 2.24. The van der Waals surface area contributed by atoms with Gasteiger partial charge in [-0.25, -0.2) is 0 Å². The molecule has 2 saturated heterocycles. The number of hydrogen-bond donors (Lipinski definition) is 1. The molecule has 1 N–H and O–H groups in total. The average Bonchev–Trinajstić information content (AvgIpc) is 2.60. The summed E-state index contributed by atoms with van der Waals surface area (Å²) in [7, 11) is 0. The largest absolute Gasteiger partial charge is 0.353 e. The van der Waals surface area contributed by atoms with Gasteiger partial charge in [0.05, 0.1) is 12.7 Å². The second-order valence-electron chi connectivity index (χ2n) is 4.21. The van der Waals surface area contributed by atoms with Crippen LogP contribution in [0.1, 0.15) is 19.8 Å². The zero-order valence-corrected chi connectivity index (χ0v) is 8.60. The smallest absolute Gasteiger partial charge is 0.251 e. The van der Waals surface area contributed by atoms with Crippen LogP contribution in [-0.4, -0.2) is 36.1 Å². The highest BCUT2D eigenvalue weighted by Crippen LogP contribution is 2.29. The van der Waals surface area contributed by atoms with Gasteiger partial charge >= 0.3 is 0 Å². The molecule has 3 aliphatic heterocycles. The van der Waals surface area contributed by atoms with Gasteiger partial charge in [-0.2, -0.15) is 0 Å². The molecule has 0 aromatic heterocycles. The molecule has 5 nitrogen and oxygen atoms in total. The third-order valence-corrected chi connectivity index (χ3v) is 3.08. The summed E-state index contributed by atoms with van der Waals surface area (Å²) in [6, 6.07) is 0. The lowest BCUT2D eigenvalue weighted by Gasteiger charge is -2.36. The quantitative estimate of drug-likeness (QED) is 0.618. The summed E-state index contributed by atoms with van der Waals surface area (Å²) < 4.78 is 11.4. The Morgan fingerprint density at radius 3 is 3.27 bits per heavy atom. The first-order valence-electron chi connectivity index (χ1n) is 5.28. The first-order valence-corrected chi connectivity index (χ1v) is 5.28. The minimum atomic E-state index is -0.350. The molecular formula is C10H14N2O3. The minimum Gasteiger partial charge on any atom is -0.353 e. The molecule has 2 bridgehead atoms. The van der Waals surface area contributed by atoms with Crippen molar-refractivity contribution in [3.05, 3.63) is 11.8 Å². The maximum absolute atomic E-state index is 11.4. The van der Waals surface area contributed by atoms with Crippen molar-refractivity contribution in [3.63, 3.8) is 0 Å². The van der Waals surface area contributed by atoms with E-state index in [0.717, 1.165) is 12.8 Å². The van der Waals surface area contributed by atoms with Gasteiger partial charge in [-0.05, 0) is 19.8 Å². The Hall–Kier alpha value is -1.07. The van der Waals surface area contributed by atoms with Gasteiger partial charge in [0.2, 0.25) is 6.35 Å². The van der Waals surface area contributed by atoms with Crippen molar-refractivity contribution in [1.29, 1.82) is 0 Å². The van der Waals surface area contributed by atoms with Gasteiger partial charge in [-0.1, -0.05) is 0 Å². The van der Waals surface area contributed by atoms with Crippen molar-refractivity contribution in [1.82, 2.24) is 10.2 Å². The third-order valence-electron chi connectivity index (χ3n) is 3.08. The first-order chi connectivity index (χ1) is 7.24. The molecule has 0 aromatic rings. The van der Waals surface area contributed by atoms with Gasteiger partial charge in [0.1, 0.15) is 6.23 Å². The number of nitrogens with one attached hydrogen (secondary N) is 1. The van der Waals surface area contributed by atoms with Crippen LogP contribution in [0.25, 0.3) is 0 Å². The second kappa shape index (κ2) is 3.21. The Morgan fingerprint density at radius 2 is 2.40 bits per heavy atom. The first kappa shape index (κ1) is 9.18. The van der Waals surface area contributed by atoms with Gasteiger partial charge < -0.3 is 19.7 Å². The summed E-state index contributed by atoms with van der Waals surface area (Å²) in [6.45, 7) is 2.35. The monoisotopic (exact) mass is 210 g/mol. The van der Waals surface area contributed by atoms with E-state index < -0.39 is 0 Å². The van der Waals surface area contributed by atoms with Gasteiger partial charge in [-0.3, -0.25) is 4.79 Å². The highest BCUT2D eigenvalue weighted by atomic mass is 16.6. The lowest BCUT2D eigenvalue weighted by molar-refractivity contribution is -0.134. The van der Waals surface area contributed by atoms with Gasteiger partial charge in [-0.15, -0.1) is 0 Å². The third kappa shape index (κ3) is 1.42. The lowest BCUT2D eigenvalue weighted by atomic mass is 10.2. The molecule has 5 heteroatoms. The van der Waals surface area contributed by atoms with Crippen molar-refractivity contribution >= 4 is 5.91 Å². The van der Waals surface area contributed by atoms with Crippen LogP contribution in [0.5, 0.6) is 0 Å². The lowest BCUT2D eigenvalue weighted by Crippen LogP contribution is -2.54. The second-order valence-corrected chi connectivity index (χ2v) is 4.21. The van der Waals surface area contributed by atoms with E-state index >= 15 is 0 Å². The Bertz CT molecular complexity index is 329. The van der Waals surface area contributed by atoms with E-state index in [2.05, 4.69) is 5.32 Å². The van der Waals surface area contributed by atoms with Gasteiger partial charge in [0, 0.05) is 11.8 Å². The molecular weight excluding hydrogens is 196 g/mol. The molecule has 15 heavy (non-hydrogen) atoms. The van der Waals surface area contributed by atoms with Crippen molar-refractivity contribution < 1.29 is 14.3 Å². The molecule has 82 valence electrons. The van der Waals surface area contributed by atoms with E-state index in [1.54, 1.807) is 6.92 Å². The normalized spacial score (nSPS) is 39.3. The summed E-state index contributed by atoms with van der Waals surface area (Å²) in [5.41, 5.74) is 0.698. The van der Waals surface area contributed by atoms with E-state index in [-0.39, 0.29) is 24.6 Å². The van der Waals surface area contributed by atoms with Crippen LogP contribution < -0.4 is 5.32 Å². The van der Waals surface area contributed by atoms with Gasteiger partial charge in [0.15, 0.2) is 0 Å². The molecule has 3 atom stereocenters. The van der Waals surface area contributed by atoms with Crippen molar-refractivity contribution in [3.8, 4) is 0 Å². The summed E-state index contributed by atoms with van der Waals surface area (Å²) >= 11 is 0. The van der Waals surface area contributed by atoms with Crippen LogP contribution in [0.15, 0.2) is 11.8 Å². The van der Waals surface area contributed by atoms with Gasteiger partial charge in [0.25, 0.3) is 5.91 Å². The summed E-state index contributed by atoms with van der Waals surface area (Å²) in [5.74, 6) is -0.0611. The molecule has 3 aliphatic rings. The van der Waals surface area contributed by atoms with E-state index in [1.165, 1.54) is 0 Å². The Balaban J connectivity index is 1.90. The Morgan fingerprint density at radius 1 is 1.53 bits per heavy atom. The maximum Gasteiger partial charge on any atom is 0.251 e. The predicted molar refractivity (Wildman–Crippen MR) is 51.4 cm³/mol. The van der Waals surface area contributed by atoms with E-state index in [0.29, 0.717) is 12.2 Å². The van der Waals surface area contributed by atoms with Crippen LogP contribution in [0.3, 0.4) is 0 Å². The molecule has 0 aliphatic carbocycles. The fourth-order valence-corrected chi connectivity index (χ4v) is 2.24. The number of rotatable bonds is 0. The highest BCUT2D eigenvalue weighted by molar-refractivity contribution is 5.93. The standard InChI is InChI=1S/C10H14N2O3/c1-6-4-12-8-3-2-7(15-8)5-14-10(12)11-9(6)13/h4,7-8,10H,2-3,5H2,1H3,(H,11,13)/t7-,8+,10?/m0/s1. The van der Waals surface area contributed by atoms with Crippen LogP contribution >= 0.6 is 0 Å². The SMILES string of the molecule is CC1=CN2C(NC1=O)OC[C@@H]1CC[C@H]2O1. The zero-order chi connectivity index (χ0) is 10.4. The molecule has 0 spiro atoms. The molecule has 3 heterocycles. The van der Waals surface area contributed by atoms with E-state index in [4.69, 9.17) is 9.47 Å². The summed E-state index contributed by atoms with van der Waals surface area (Å²) in [5, 5.41) is 2.81. The summed E-state index contributed by atoms with van der Waals surface area (Å²) in [4.78, 5) is 13.4. The highest BCUT2D eigenvalue weighted by Gasteiger charge is 2.39. The van der Waals surface area contributed by atoms with E-state index in [1.807, 2.05) is 11.1 Å².